The zero-order valence-electron chi connectivity index (χ0n) is 70.8. The van der Waals surface area contributed by atoms with E-state index in [1.54, 1.807) is 0 Å². The van der Waals surface area contributed by atoms with Gasteiger partial charge < -0.3 is 4.42 Å². The lowest BCUT2D eigenvalue weighted by molar-refractivity contribution is 0.669. The van der Waals surface area contributed by atoms with E-state index < -0.39 is 0 Å². The highest BCUT2D eigenvalue weighted by Gasteiger charge is 2.23. The van der Waals surface area contributed by atoms with Crippen molar-refractivity contribution in [2.45, 2.75) is 0 Å². The van der Waals surface area contributed by atoms with Gasteiger partial charge in [-0.05, 0) is 224 Å². The van der Waals surface area contributed by atoms with E-state index in [0.717, 1.165) is 134 Å². The quantitative estimate of drug-likeness (QED) is 0.147. The normalized spacial score (nSPS) is 11.8. The van der Waals surface area contributed by atoms with Crippen molar-refractivity contribution in [3.8, 4) is 78.7 Å². The van der Waals surface area contributed by atoms with Gasteiger partial charge in [0.1, 0.15) is 11.2 Å². The van der Waals surface area contributed by atoms with Crippen molar-refractivity contribution in [2.75, 3.05) is 0 Å². The molecule has 0 aliphatic heterocycles. The predicted octanol–water partition coefficient (Wildman–Crippen LogP) is 33.4. The van der Waals surface area contributed by atoms with Crippen molar-refractivity contribution < 1.29 is 4.42 Å². The van der Waals surface area contributed by atoms with Crippen LogP contribution in [0.3, 0.4) is 0 Å². The summed E-state index contributed by atoms with van der Waals surface area (Å²) in [5.41, 5.74) is 20.9. The number of para-hydroxylation sites is 5. The molecule has 4 aromatic heterocycles. The second-order valence-electron chi connectivity index (χ2n) is 34.2. The molecule has 0 fully saturated rings. The fourth-order valence-electron chi connectivity index (χ4n) is 20.4. The molecule has 0 bridgehead atoms. The van der Waals surface area contributed by atoms with E-state index in [2.05, 4.69) is 364 Å². The van der Waals surface area contributed by atoms with E-state index in [4.69, 9.17) is 34.3 Å². The summed E-state index contributed by atoms with van der Waals surface area (Å²) in [6.07, 6.45) is 0. The summed E-state index contributed by atoms with van der Waals surface area (Å²) in [5.74, 6) is 0. The van der Waals surface area contributed by atoms with Crippen LogP contribution in [0.4, 0.5) is 0 Å². The molecule has 7 heteroatoms. The second kappa shape index (κ2) is 30.7. The fourth-order valence-corrected chi connectivity index (χ4v) is 20.4. The first-order valence-corrected chi connectivity index (χ1v) is 44.6. The molecule has 0 atom stereocenters. The first kappa shape index (κ1) is 74.9. The number of nitrogens with zero attached hydrogens (tertiary/aromatic N) is 6. The Hall–Kier alpha value is -17.5. The molecule has 0 aliphatic carbocycles. The summed E-state index contributed by atoms with van der Waals surface area (Å²) >= 11 is 0. The molecule has 28 aromatic rings. The van der Waals surface area contributed by atoms with Crippen LogP contribution in [0.15, 0.2) is 453 Å². The van der Waals surface area contributed by atoms with Gasteiger partial charge in [-0.15, -0.1) is 0 Å². The number of hydrogen-bond acceptors (Lipinski definition) is 7. The molecular weight excluding hydrogens is 1590 g/mol. The van der Waals surface area contributed by atoms with Crippen LogP contribution in [0.2, 0.25) is 0 Å². The van der Waals surface area contributed by atoms with Gasteiger partial charge in [0.25, 0.3) is 0 Å². The van der Waals surface area contributed by atoms with Gasteiger partial charge in [-0.2, -0.15) is 0 Å². The lowest BCUT2D eigenvalue weighted by atomic mass is 9.92. The first-order valence-electron chi connectivity index (χ1n) is 44.6. The average Bonchev–Trinajstić information content (AvgIpc) is 1.48. The molecule has 7 nitrogen and oxygen atoms in total. The summed E-state index contributed by atoms with van der Waals surface area (Å²) in [6, 6.07) is 160. The van der Waals surface area contributed by atoms with Crippen LogP contribution in [-0.2, 0) is 0 Å². The van der Waals surface area contributed by atoms with Crippen LogP contribution in [0, 0.1) is 0 Å². The van der Waals surface area contributed by atoms with Crippen molar-refractivity contribution in [3.63, 3.8) is 0 Å². The minimum atomic E-state index is 0.847. The highest BCUT2D eigenvalue weighted by Crippen LogP contribution is 2.46. The Morgan fingerprint density at radius 1 is 0.130 bits per heavy atom. The SMILES string of the molecule is c1ccc(-c2nc3cc(-c4ccc5c(ccc6ccc7c8ccccc8ccc7c65)c4)ccc3nc2-c2ccc3ccccc3c2)cc1.c1ccc(-c2nc3ccccc3nc2-c2ccc3c(ccc4c3ccc3ccc5ccccc5c34)c2)cc1.c1ccc2c(c1)ccc1ccc3c4ccc(-c5nc6ccccc6nc5-c5cccc6oc7ccccc7c56)cc4ccc3c12. The Bertz CT molecular complexity index is 9650. The van der Waals surface area contributed by atoms with Crippen molar-refractivity contribution in [1.82, 2.24) is 29.9 Å². The zero-order valence-corrected chi connectivity index (χ0v) is 70.8. The maximum atomic E-state index is 6.26. The minimum Gasteiger partial charge on any atom is -0.456 e. The fraction of sp³-hybridized carbons (Fsp3) is 0. The number of aromatic nitrogens is 6. The Morgan fingerprint density at radius 2 is 0.427 bits per heavy atom. The topological polar surface area (TPSA) is 90.5 Å². The monoisotopic (exact) mass is 1660 g/mol. The number of rotatable bonds is 7. The average molecular weight is 1660 g/mol. The van der Waals surface area contributed by atoms with Gasteiger partial charge in [0.05, 0.1) is 67.3 Å². The third-order valence-corrected chi connectivity index (χ3v) is 26.6. The number of benzene rings is 24. The van der Waals surface area contributed by atoms with Gasteiger partial charge in [-0.25, -0.2) is 29.9 Å². The molecule has 0 aliphatic rings. The molecule has 0 N–H and O–H groups in total. The summed E-state index contributed by atoms with van der Waals surface area (Å²) in [4.78, 5) is 31.2. The van der Waals surface area contributed by atoms with Crippen molar-refractivity contribution in [3.05, 3.63) is 449 Å². The van der Waals surface area contributed by atoms with Crippen molar-refractivity contribution in [1.29, 1.82) is 0 Å². The molecule has 4 heterocycles. The molecule has 131 heavy (non-hydrogen) atoms. The van der Waals surface area contributed by atoms with Crippen LogP contribution in [0.5, 0.6) is 0 Å². The highest BCUT2D eigenvalue weighted by molar-refractivity contribution is 6.28. The summed E-state index contributed by atoms with van der Waals surface area (Å²) < 4.78 is 6.26. The van der Waals surface area contributed by atoms with E-state index >= 15 is 0 Å². The molecule has 606 valence electrons. The molecule has 0 radical (unpaired) electrons. The molecule has 0 saturated carbocycles. The van der Waals surface area contributed by atoms with Crippen LogP contribution < -0.4 is 0 Å². The Kier molecular flexibility index (Phi) is 17.5. The van der Waals surface area contributed by atoms with E-state index in [1.165, 1.54) is 140 Å². The van der Waals surface area contributed by atoms with Gasteiger partial charge in [-0.1, -0.05) is 376 Å². The first-order chi connectivity index (χ1) is 64.9. The Morgan fingerprint density at radius 3 is 0.977 bits per heavy atom. The Labute approximate surface area is 751 Å². The lowest BCUT2D eigenvalue weighted by Gasteiger charge is -2.14. The smallest absolute Gasteiger partial charge is 0.136 e. The summed E-state index contributed by atoms with van der Waals surface area (Å²) in [7, 11) is 0. The van der Waals surface area contributed by atoms with Crippen molar-refractivity contribution in [2.24, 2.45) is 0 Å². The Balaban J connectivity index is 0.000000104. The van der Waals surface area contributed by atoms with Crippen LogP contribution >= 0.6 is 0 Å². The molecule has 24 aromatic carbocycles. The van der Waals surface area contributed by atoms with Gasteiger partial charge in [-0.3, -0.25) is 0 Å². The largest absolute Gasteiger partial charge is 0.456 e. The minimum absolute atomic E-state index is 0.847. The van der Waals surface area contributed by atoms with Gasteiger partial charge in [0, 0.05) is 44.2 Å². The lowest BCUT2D eigenvalue weighted by Crippen LogP contribution is -1.96. The zero-order chi connectivity index (χ0) is 86.1. The predicted molar refractivity (Wildman–Crippen MR) is 552 cm³/mol. The summed E-state index contributed by atoms with van der Waals surface area (Å²) in [5, 5.41) is 34.9. The molecule has 0 amide bonds. The maximum Gasteiger partial charge on any atom is 0.136 e. The molecular formula is C124H74N6O. The van der Waals surface area contributed by atoms with Crippen molar-refractivity contribution >= 4 is 195 Å². The standard InChI is InChI=1S/C46H28N2.C42H24N2O.C36H22N2/c1-2-10-32(11-3-1)45-46(37-17-14-29-8-4-5-12-33(29)27-37)47-42-25-21-35(28-43(42)48-45)34-20-22-39-36(26-34)16-15-31-19-23-40-38-13-7-6-9-30(38)18-24-41(40)44(31)39;1-2-9-30-25(8-1)16-17-26-18-22-31-29-21-20-28(24-27(29)19-23-32(31)39(26)30)41-42(44-36-13-5-4-12-35(36)43-41)34-11-7-15-38-40(34)33-10-3-6-14-37(33)45-38;1-2-9-25(10-3-1)35-36(38-33-13-7-6-12-32(33)37-35)27-18-19-28-26(22-27)17-21-31-30(28)20-16-24-15-14-23-8-4-5-11-29(23)34(24)31/h1-28H;1-24H;1-22H. The van der Waals surface area contributed by atoms with Gasteiger partial charge >= 0.3 is 0 Å². The molecule has 28 rings (SSSR count). The van der Waals surface area contributed by atoms with E-state index in [9.17, 15) is 0 Å². The third kappa shape index (κ3) is 12.8. The van der Waals surface area contributed by atoms with Gasteiger partial charge in [0.2, 0.25) is 0 Å². The van der Waals surface area contributed by atoms with E-state index in [0.29, 0.717) is 0 Å². The van der Waals surface area contributed by atoms with Crippen LogP contribution in [-0.4, -0.2) is 29.9 Å². The highest BCUT2D eigenvalue weighted by atomic mass is 16.3. The molecule has 0 spiro atoms. The van der Waals surface area contributed by atoms with Crippen LogP contribution in [0.25, 0.3) is 274 Å². The number of furan rings is 1. The second-order valence-corrected chi connectivity index (χ2v) is 34.2. The number of hydrogen-bond donors (Lipinski definition) is 0. The van der Waals surface area contributed by atoms with E-state index in [1.807, 2.05) is 84.9 Å². The number of fused-ring (bicyclic) bond motifs is 28. The van der Waals surface area contributed by atoms with Gasteiger partial charge in [0.15, 0.2) is 0 Å². The third-order valence-electron chi connectivity index (χ3n) is 26.6. The van der Waals surface area contributed by atoms with E-state index in [-0.39, 0.29) is 0 Å². The molecule has 0 saturated heterocycles. The maximum absolute atomic E-state index is 6.26. The summed E-state index contributed by atoms with van der Waals surface area (Å²) in [6.45, 7) is 0. The molecule has 0 unspecified atom stereocenters. The van der Waals surface area contributed by atoms with Crippen LogP contribution in [0.1, 0.15) is 0 Å².